The lowest BCUT2D eigenvalue weighted by Crippen LogP contribution is -1.96. The molecule has 0 aliphatic carbocycles. The van der Waals surface area contributed by atoms with Gasteiger partial charge in [-0.1, -0.05) is 58.4 Å². The highest BCUT2D eigenvalue weighted by atomic mass is 79.9. The van der Waals surface area contributed by atoms with E-state index in [9.17, 15) is 4.79 Å². The summed E-state index contributed by atoms with van der Waals surface area (Å²) in [6.45, 7) is 6.06. The highest BCUT2D eigenvalue weighted by molar-refractivity contribution is 9.10. The smallest absolute Gasteiger partial charge is 0.185 e. The SMILES string of the molecule is C=CCOc1ccc(Br)cc1/C=C/C(=O)c1ccc(C)cc1. The van der Waals surface area contributed by atoms with Crippen molar-refractivity contribution in [2.45, 2.75) is 6.92 Å². The molecule has 22 heavy (non-hydrogen) atoms. The Morgan fingerprint density at radius 1 is 1.23 bits per heavy atom. The largest absolute Gasteiger partial charge is 0.489 e. The fourth-order valence-corrected chi connectivity index (χ4v) is 2.29. The minimum absolute atomic E-state index is 0.0327. The van der Waals surface area contributed by atoms with E-state index in [4.69, 9.17) is 4.74 Å². The van der Waals surface area contributed by atoms with E-state index in [2.05, 4.69) is 22.5 Å². The van der Waals surface area contributed by atoms with Gasteiger partial charge in [-0.25, -0.2) is 0 Å². The van der Waals surface area contributed by atoms with Gasteiger partial charge < -0.3 is 4.74 Å². The molecule has 2 nitrogen and oxygen atoms in total. The second-order valence-electron chi connectivity index (χ2n) is 4.85. The van der Waals surface area contributed by atoms with Crippen LogP contribution in [-0.4, -0.2) is 12.4 Å². The van der Waals surface area contributed by atoms with E-state index < -0.39 is 0 Å². The Kier molecular flexibility index (Phi) is 5.73. The summed E-state index contributed by atoms with van der Waals surface area (Å²) in [7, 11) is 0. The molecule has 2 aromatic rings. The number of halogens is 1. The zero-order chi connectivity index (χ0) is 15.9. The van der Waals surface area contributed by atoms with Gasteiger partial charge >= 0.3 is 0 Å². The fraction of sp³-hybridized carbons (Fsp3) is 0.105. The maximum absolute atomic E-state index is 12.2. The second kappa shape index (κ2) is 7.76. The summed E-state index contributed by atoms with van der Waals surface area (Å²) in [4.78, 5) is 12.2. The average molecular weight is 357 g/mol. The number of carbonyl (C=O) groups is 1. The Labute approximate surface area is 139 Å². The number of hydrogen-bond acceptors (Lipinski definition) is 2. The summed E-state index contributed by atoms with van der Waals surface area (Å²) >= 11 is 3.43. The van der Waals surface area contributed by atoms with Gasteiger partial charge in [0.05, 0.1) is 0 Å². The molecule has 0 aliphatic rings. The Bertz CT molecular complexity index is 700. The van der Waals surface area contributed by atoms with Crippen molar-refractivity contribution in [2.24, 2.45) is 0 Å². The summed E-state index contributed by atoms with van der Waals surface area (Å²) in [6, 6.07) is 13.2. The molecule has 0 atom stereocenters. The number of carbonyl (C=O) groups excluding carboxylic acids is 1. The first-order valence-corrected chi connectivity index (χ1v) is 7.72. The van der Waals surface area contributed by atoms with E-state index >= 15 is 0 Å². The third kappa shape index (κ3) is 4.43. The maximum atomic E-state index is 12.2. The number of ether oxygens (including phenoxy) is 1. The summed E-state index contributed by atoms with van der Waals surface area (Å²) in [5, 5.41) is 0. The zero-order valence-electron chi connectivity index (χ0n) is 12.4. The van der Waals surface area contributed by atoms with Crippen LogP contribution in [0.1, 0.15) is 21.5 Å². The van der Waals surface area contributed by atoms with Crippen LogP contribution < -0.4 is 4.74 Å². The van der Waals surface area contributed by atoms with Crippen LogP contribution in [0.5, 0.6) is 5.75 Å². The molecule has 0 bridgehead atoms. The first-order valence-electron chi connectivity index (χ1n) is 6.92. The Hall–Kier alpha value is -2.13. The molecule has 0 saturated carbocycles. The number of aryl methyl sites for hydroxylation is 1. The van der Waals surface area contributed by atoms with Crippen LogP contribution in [0.25, 0.3) is 6.08 Å². The predicted octanol–water partition coefficient (Wildman–Crippen LogP) is 5.22. The van der Waals surface area contributed by atoms with Crippen LogP contribution in [-0.2, 0) is 0 Å². The van der Waals surface area contributed by atoms with Crippen molar-refractivity contribution >= 4 is 27.8 Å². The summed E-state index contributed by atoms with van der Waals surface area (Å²) < 4.78 is 6.52. The van der Waals surface area contributed by atoms with Crippen molar-refractivity contribution in [3.8, 4) is 5.75 Å². The first-order chi connectivity index (χ1) is 10.6. The van der Waals surface area contributed by atoms with Gasteiger partial charge in [-0.15, -0.1) is 0 Å². The van der Waals surface area contributed by atoms with Gasteiger partial charge in [-0.3, -0.25) is 4.79 Å². The van der Waals surface area contributed by atoms with Gasteiger partial charge in [0.1, 0.15) is 12.4 Å². The lowest BCUT2D eigenvalue weighted by molar-refractivity contribution is 0.104. The van der Waals surface area contributed by atoms with Gasteiger partial charge in [0, 0.05) is 15.6 Å². The molecule has 0 saturated heterocycles. The zero-order valence-corrected chi connectivity index (χ0v) is 14.0. The highest BCUT2D eigenvalue weighted by Crippen LogP contribution is 2.24. The van der Waals surface area contributed by atoms with Crippen LogP contribution in [0.2, 0.25) is 0 Å². The average Bonchev–Trinajstić information content (AvgIpc) is 2.52. The van der Waals surface area contributed by atoms with E-state index in [0.29, 0.717) is 12.2 Å². The van der Waals surface area contributed by atoms with Crippen LogP contribution in [0.15, 0.2) is 65.7 Å². The minimum Gasteiger partial charge on any atom is -0.489 e. The van der Waals surface area contributed by atoms with Crippen molar-refractivity contribution in [2.75, 3.05) is 6.61 Å². The van der Waals surface area contributed by atoms with Gasteiger partial charge in [-0.05, 0) is 37.3 Å². The quantitative estimate of drug-likeness (QED) is 0.403. The molecule has 0 fully saturated rings. The number of hydrogen-bond donors (Lipinski definition) is 0. The number of ketones is 1. The molecule has 0 aliphatic heterocycles. The van der Waals surface area contributed by atoms with Crippen molar-refractivity contribution in [1.82, 2.24) is 0 Å². The van der Waals surface area contributed by atoms with Crippen LogP contribution >= 0.6 is 15.9 Å². The Morgan fingerprint density at radius 3 is 2.64 bits per heavy atom. The lowest BCUT2D eigenvalue weighted by atomic mass is 10.1. The molecule has 0 aromatic heterocycles. The molecule has 2 aromatic carbocycles. The molecule has 2 rings (SSSR count). The van der Waals surface area contributed by atoms with E-state index in [1.54, 1.807) is 18.2 Å². The van der Waals surface area contributed by atoms with Crippen molar-refractivity contribution in [3.63, 3.8) is 0 Å². The molecule has 112 valence electrons. The van der Waals surface area contributed by atoms with Gasteiger partial charge in [0.15, 0.2) is 5.78 Å². The van der Waals surface area contributed by atoms with Gasteiger partial charge in [-0.2, -0.15) is 0 Å². The van der Waals surface area contributed by atoms with E-state index in [1.807, 2.05) is 49.4 Å². The van der Waals surface area contributed by atoms with Crippen molar-refractivity contribution < 1.29 is 9.53 Å². The molecular weight excluding hydrogens is 340 g/mol. The number of benzene rings is 2. The van der Waals surface area contributed by atoms with Gasteiger partial charge in [0.2, 0.25) is 0 Å². The summed E-state index contributed by atoms with van der Waals surface area (Å²) in [6.07, 6.45) is 5.02. The molecular formula is C19H17BrO2. The minimum atomic E-state index is -0.0327. The van der Waals surface area contributed by atoms with Gasteiger partial charge in [0.25, 0.3) is 0 Å². The molecule has 0 radical (unpaired) electrons. The maximum Gasteiger partial charge on any atom is 0.185 e. The van der Waals surface area contributed by atoms with E-state index in [1.165, 1.54) is 0 Å². The highest BCUT2D eigenvalue weighted by Gasteiger charge is 2.04. The van der Waals surface area contributed by atoms with Crippen molar-refractivity contribution in [3.05, 3.63) is 82.4 Å². The second-order valence-corrected chi connectivity index (χ2v) is 5.76. The molecule has 0 spiro atoms. The third-order valence-electron chi connectivity index (χ3n) is 3.08. The standard InChI is InChI=1S/C19H17BrO2/c1-3-12-22-19-11-9-17(20)13-16(19)8-10-18(21)15-6-4-14(2)5-7-15/h3-11,13H,1,12H2,2H3/b10-8+. The third-order valence-corrected chi connectivity index (χ3v) is 3.57. The molecule has 0 heterocycles. The molecule has 0 unspecified atom stereocenters. The first kappa shape index (κ1) is 16.2. The predicted molar refractivity (Wildman–Crippen MR) is 94.4 cm³/mol. The number of rotatable bonds is 6. The Balaban J connectivity index is 2.21. The fourth-order valence-electron chi connectivity index (χ4n) is 1.91. The summed E-state index contributed by atoms with van der Waals surface area (Å²) in [5.41, 5.74) is 2.65. The molecule has 0 N–H and O–H groups in total. The van der Waals surface area contributed by atoms with E-state index in [0.717, 1.165) is 21.3 Å². The summed E-state index contributed by atoms with van der Waals surface area (Å²) in [5.74, 6) is 0.686. The topological polar surface area (TPSA) is 26.3 Å². The number of allylic oxidation sites excluding steroid dienone is 1. The van der Waals surface area contributed by atoms with E-state index in [-0.39, 0.29) is 5.78 Å². The Morgan fingerprint density at radius 2 is 1.95 bits per heavy atom. The monoisotopic (exact) mass is 356 g/mol. The lowest BCUT2D eigenvalue weighted by Gasteiger charge is -2.07. The normalized spacial score (nSPS) is 10.6. The van der Waals surface area contributed by atoms with Crippen LogP contribution in [0.4, 0.5) is 0 Å². The van der Waals surface area contributed by atoms with Crippen LogP contribution in [0.3, 0.4) is 0 Å². The van der Waals surface area contributed by atoms with Crippen molar-refractivity contribution in [1.29, 1.82) is 0 Å². The molecule has 3 heteroatoms. The van der Waals surface area contributed by atoms with Crippen LogP contribution in [0, 0.1) is 6.92 Å². The molecule has 0 amide bonds.